The molecular weight excluding hydrogens is 545 g/mol. The van der Waals surface area contributed by atoms with Crippen LogP contribution < -0.4 is 14.8 Å². The highest BCUT2D eigenvalue weighted by molar-refractivity contribution is 8.10. The molecule has 0 bridgehead atoms. The molecule has 0 fully saturated rings. The monoisotopic (exact) mass is 575 g/mol. The lowest BCUT2D eigenvalue weighted by atomic mass is 10.2. The third-order valence-corrected chi connectivity index (χ3v) is 11.8. The molecule has 14 heteroatoms. The third kappa shape index (κ3) is 6.94. The Labute approximate surface area is 217 Å². The van der Waals surface area contributed by atoms with Gasteiger partial charge in [0.1, 0.15) is 11.6 Å². The highest BCUT2D eigenvalue weighted by Crippen LogP contribution is 2.29. The summed E-state index contributed by atoms with van der Waals surface area (Å²) in [4.78, 5) is 12.5. The molecule has 37 heavy (non-hydrogen) atoms. The number of nitrogens with zero attached hydrogens (tertiary/aromatic N) is 1. The summed E-state index contributed by atoms with van der Waals surface area (Å²) in [5.41, 5.74) is 4.96. The van der Waals surface area contributed by atoms with Crippen LogP contribution in [0.2, 0.25) is 0 Å². The molecule has 0 saturated heterocycles. The fraction of sp³-hybridized carbons (Fsp3) is 0.348. The summed E-state index contributed by atoms with van der Waals surface area (Å²) in [6.45, 7) is 5.24. The van der Waals surface area contributed by atoms with Gasteiger partial charge in [-0.25, -0.2) is 29.6 Å². The number of halogens is 1. The Kier molecular flexibility index (Phi) is 9.63. The number of benzene rings is 2. The van der Waals surface area contributed by atoms with Gasteiger partial charge in [-0.15, -0.1) is 0 Å². The van der Waals surface area contributed by atoms with Crippen LogP contribution in [0, 0.1) is 0 Å². The Balaban J connectivity index is 2.42. The van der Waals surface area contributed by atoms with Crippen LogP contribution in [0.3, 0.4) is 0 Å². The van der Waals surface area contributed by atoms with Crippen LogP contribution in [0.25, 0.3) is 0 Å². The number of sulfonamides is 2. The number of sulfone groups is 1. The summed E-state index contributed by atoms with van der Waals surface area (Å²) < 4.78 is 91.1. The van der Waals surface area contributed by atoms with Crippen LogP contribution in [0.15, 0.2) is 65.3 Å². The molecule has 0 unspecified atom stereocenters. The summed E-state index contributed by atoms with van der Waals surface area (Å²) in [5, 5.41) is 0.440. The van der Waals surface area contributed by atoms with Crippen molar-refractivity contribution >= 4 is 47.2 Å². The fourth-order valence-electron chi connectivity index (χ4n) is 3.06. The smallest absolute Gasteiger partial charge is 0.256 e. The summed E-state index contributed by atoms with van der Waals surface area (Å²) in [6.07, 6.45) is 0.921. The largest absolute Gasteiger partial charge is 0.327 e. The maximum absolute atomic E-state index is 13.8. The zero-order chi connectivity index (χ0) is 28.2. The number of amides is 1. The average Bonchev–Trinajstić information content (AvgIpc) is 2.79. The van der Waals surface area contributed by atoms with Crippen LogP contribution in [-0.4, -0.2) is 54.0 Å². The minimum absolute atomic E-state index is 0.138. The summed E-state index contributed by atoms with van der Waals surface area (Å²) in [5.74, 6) is -2.74. The van der Waals surface area contributed by atoms with Crippen molar-refractivity contribution in [2.24, 2.45) is 5.73 Å². The molecule has 0 spiro atoms. The second-order valence-electron chi connectivity index (χ2n) is 8.53. The zero-order valence-corrected chi connectivity index (χ0v) is 23.2. The van der Waals surface area contributed by atoms with E-state index in [-0.39, 0.29) is 28.4 Å². The molecule has 2 rings (SSSR count). The number of carbonyl (C=O) groups excluding carboxylic acids is 1. The van der Waals surface area contributed by atoms with Gasteiger partial charge in [0, 0.05) is 12.2 Å². The molecule has 0 aliphatic heterocycles. The molecule has 2 aromatic carbocycles. The quantitative estimate of drug-likeness (QED) is 0.413. The second-order valence-corrected chi connectivity index (χ2v) is 15.4. The molecule has 0 saturated carbocycles. The van der Waals surface area contributed by atoms with Crippen LogP contribution in [0.1, 0.15) is 38.1 Å². The summed E-state index contributed by atoms with van der Waals surface area (Å²) in [7, 11) is -12.7. The maximum atomic E-state index is 13.8. The molecule has 0 aliphatic rings. The Morgan fingerprint density at radius 1 is 0.919 bits per heavy atom. The van der Waals surface area contributed by atoms with Gasteiger partial charge in [0.15, 0.2) is 9.84 Å². The standard InChI is InChI=1S/C23H30FN3O7S3/c1-16(2)36(31,32)27(37(33,34)17(3)4)20-11-9-19(10-12-20)26-23(28)21-7-5-6-8-22(21)35(29,30)15-18(24)13-14-25/h5-13,16-17H,14-15,25H2,1-4H3,(H,26,28)/b18-13-. The maximum Gasteiger partial charge on any atom is 0.256 e. The van der Waals surface area contributed by atoms with E-state index in [1.54, 1.807) is 0 Å². The molecule has 2 aromatic rings. The zero-order valence-electron chi connectivity index (χ0n) is 20.8. The first kappa shape index (κ1) is 30.4. The predicted octanol–water partition coefficient (Wildman–Crippen LogP) is 2.81. The van der Waals surface area contributed by atoms with Crippen LogP contribution in [-0.2, 0) is 29.9 Å². The van der Waals surface area contributed by atoms with Gasteiger partial charge in [-0.2, -0.15) is 3.71 Å². The first-order valence-electron chi connectivity index (χ1n) is 11.1. The average molecular weight is 576 g/mol. The Morgan fingerprint density at radius 2 is 1.43 bits per heavy atom. The van der Waals surface area contributed by atoms with E-state index >= 15 is 0 Å². The van der Waals surface area contributed by atoms with E-state index in [0.717, 1.165) is 6.08 Å². The molecule has 0 radical (unpaired) electrons. The highest BCUT2D eigenvalue weighted by atomic mass is 32.3. The number of hydrogen-bond donors (Lipinski definition) is 2. The van der Waals surface area contributed by atoms with E-state index in [1.165, 1.54) is 76.2 Å². The van der Waals surface area contributed by atoms with Gasteiger partial charge in [-0.3, -0.25) is 4.79 Å². The Morgan fingerprint density at radius 3 is 1.92 bits per heavy atom. The van der Waals surface area contributed by atoms with Gasteiger partial charge in [0.25, 0.3) is 26.0 Å². The van der Waals surface area contributed by atoms with E-state index in [2.05, 4.69) is 5.32 Å². The molecule has 0 atom stereocenters. The van der Waals surface area contributed by atoms with Crippen molar-refractivity contribution in [1.82, 2.24) is 0 Å². The first-order valence-corrected chi connectivity index (χ1v) is 15.8. The van der Waals surface area contributed by atoms with Crippen molar-refractivity contribution < 1.29 is 34.4 Å². The fourth-order valence-corrected chi connectivity index (χ4v) is 8.26. The van der Waals surface area contributed by atoms with Crippen LogP contribution in [0.5, 0.6) is 0 Å². The molecule has 0 heterocycles. The van der Waals surface area contributed by atoms with Crippen LogP contribution in [0.4, 0.5) is 15.8 Å². The van der Waals surface area contributed by atoms with E-state index in [1.807, 2.05) is 0 Å². The molecular formula is C23H30FN3O7S3. The van der Waals surface area contributed by atoms with Crippen molar-refractivity contribution in [3.8, 4) is 0 Å². The van der Waals surface area contributed by atoms with Gasteiger partial charge >= 0.3 is 0 Å². The summed E-state index contributed by atoms with van der Waals surface area (Å²) in [6, 6.07) is 10.3. The molecule has 3 N–H and O–H groups in total. The van der Waals surface area contributed by atoms with Crippen molar-refractivity contribution in [3.05, 3.63) is 66.0 Å². The molecule has 10 nitrogen and oxygen atoms in total. The van der Waals surface area contributed by atoms with E-state index < -0.39 is 57.9 Å². The number of nitrogens with two attached hydrogens (primary N) is 1. The van der Waals surface area contributed by atoms with Gasteiger partial charge in [-0.05, 0) is 70.2 Å². The number of nitrogens with one attached hydrogen (secondary N) is 1. The molecule has 0 aliphatic carbocycles. The number of carbonyl (C=O) groups is 1. The SMILES string of the molecule is CC(C)S(=O)(=O)N(c1ccc(NC(=O)c2ccccc2S(=O)(=O)C/C(F)=C/CN)cc1)S(=O)(=O)C(C)C. The molecule has 1 amide bonds. The topological polar surface area (TPSA) is 161 Å². The lowest BCUT2D eigenvalue weighted by molar-refractivity contribution is 0.102. The normalized spacial score (nSPS) is 13.1. The minimum Gasteiger partial charge on any atom is -0.327 e. The first-order chi connectivity index (χ1) is 17.1. The predicted molar refractivity (Wildman–Crippen MR) is 142 cm³/mol. The van der Waals surface area contributed by atoms with E-state index in [0.29, 0.717) is 3.71 Å². The minimum atomic E-state index is -4.26. The Hall–Kier alpha value is -2.81. The van der Waals surface area contributed by atoms with E-state index in [9.17, 15) is 34.4 Å². The second kappa shape index (κ2) is 11.7. The number of anilines is 2. The van der Waals surface area contributed by atoms with Crippen molar-refractivity contribution in [2.75, 3.05) is 21.3 Å². The Bertz CT molecular complexity index is 1450. The lowest BCUT2D eigenvalue weighted by Gasteiger charge is -2.27. The van der Waals surface area contributed by atoms with E-state index in [4.69, 9.17) is 5.73 Å². The van der Waals surface area contributed by atoms with Crippen molar-refractivity contribution in [2.45, 2.75) is 43.1 Å². The van der Waals surface area contributed by atoms with Crippen LogP contribution >= 0.6 is 0 Å². The van der Waals surface area contributed by atoms with Crippen molar-refractivity contribution in [3.63, 3.8) is 0 Å². The number of hydrogen-bond acceptors (Lipinski definition) is 8. The summed E-state index contributed by atoms with van der Waals surface area (Å²) >= 11 is 0. The van der Waals surface area contributed by atoms with Crippen molar-refractivity contribution in [1.29, 1.82) is 0 Å². The molecule has 0 aromatic heterocycles. The molecule has 204 valence electrons. The van der Waals surface area contributed by atoms with Gasteiger partial charge in [-0.1, -0.05) is 12.1 Å². The third-order valence-electron chi connectivity index (χ3n) is 5.12. The van der Waals surface area contributed by atoms with Gasteiger partial charge < -0.3 is 11.1 Å². The van der Waals surface area contributed by atoms with Gasteiger partial charge in [0.05, 0.1) is 26.6 Å². The lowest BCUT2D eigenvalue weighted by Crippen LogP contribution is -2.44. The number of rotatable bonds is 11. The van der Waals surface area contributed by atoms with Gasteiger partial charge in [0.2, 0.25) is 0 Å². The highest BCUT2D eigenvalue weighted by Gasteiger charge is 2.38.